The van der Waals surface area contributed by atoms with Crippen molar-refractivity contribution in [2.75, 3.05) is 32.7 Å². The molecule has 1 aliphatic heterocycles. The Balaban J connectivity index is 1.24. The second-order valence-electron chi connectivity index (χ2n) is 7.51. The zero-order valence-corrected chi connectivity index (χ0v) is 16.3. The van der Waals surface area contributed by atoms with Gasteiger partial charge in [0.2, 0.25) is 5.91 Å². The maximum absolute atomic E-state index is 12.5. The van der Waals surface area contributed by atoms with Gasteiger partial charge in [-0.1, -0.05) is 48.5 Å². The van der Waals surface area contributed by atoms with Gasteiger partial charge in [-0.25, -0.2) is 0 Å². The van der Waals surface area contributed by atoms with Crippen molar-refractivity contribution in [2.45, 2.75) is 19.5 Å². The van der Waals surface area contributed by atoms with Gasteiger partial charge in [0.1, 0.15) is 11.3 Å². The molecule has 146 valence electrons. The highest BCUT2D eigenvalue weighted by Gasteiger charge is 2.20. The van der Waals surface area contributed by atoms with Crippen LogP contribution >= 0.6 is 0 Å². The largest absolute Gasteiger partial charge is 0.459 e. The quantitative estimate of drug-likeness (QED) is 0.715. The molecule has 0 bridgehead atoms. The monoisotopic (exact) mass is 377 g/mol. The first-order chi connectivity index (χ1) is 13.7. The zero-order chi connectivity index (χ0) is 19.3. The number of nitrogens with one attached hydrogen (secondary N) is 1. The fourth-order valence-corrected chi connectivity index (χ4v) is 3.72. The first kappa shape index (κ1) is 18.7. The maximum Gasteiger partial charge on any atom is 0.234 e. The molecule has 0 saturated carbocycles. The van der Waals surface area contributed by atoms with Gasteiger partial charge in [0, 0.05) is 38.1 Å². The summed E-state index contributed by atoms with van der Waals surface area (Å²) >= 11 is 0. The number of hydrogen-bond donors (Lipinski definition) is 1. The summed E-state index contributed by atoms with van der Waals surface area (Å²) in [6, 6.07) is 20.3. The lowest BCUT2D eigenvalue weighted by molar-refractivity contribution is -0.123. The lowest BCUT2D eigenvalue weighted by atomic mass is 10.2. The fraction of sp³-hybridized carbons (Fsp3) is 0.348. The molecular weight excluding hydrogens is 350 g/mol. The summed E-state index contributed by atoms with van der Waals surface area (Å²) in [5.74, 6) is 0.840. The van der Waals surface area contributed by atoms with E-state index in [1.807, 2.05) is 43.3 Å². The van der Waals surface area contributed by atoms with E-state index in [2.05, 4.69) is 39.4 Å². The molecule has 1 aromatic heterocycles. The smallest absolute Gasteiger partial charge is 0.234 e. The molecule has 1 aliphatic rings. The van der Waals surface area contributed by atoms with Gasteiger partial charge in [-0.05, 0) is 24.6 Å². The lowest BCUT2D eigenvalue weighted by Gasteiger charge is -2.34. The van der Waals surface area contributed by atoms with Gasteiger partial charge in [0.05, 0.1) is 12.6 Å². The van der Waals surface area contributed by atoms with Crippen molar-refractivity contribution >= 4 is 16.9 Å². The maximum atomic E-state index is 12.5. The predicted octanol–water partition coefficient (Wildman–Crippen LogP) is 3.43. The number of furan rings is 1. The summed E-state index contributed by atoms with van der Waals surface area (Å²) in [6.45, 7) is 7.18. The SMILES string of the molecule is CC(NC(=O)CN1CCN(Cc2ccccc2)CC1)c1cc2ccccc2o1. The van der Waals surface area contributed by atoms with Crippen molar-refractivity contribution < 1.29 is 9.21 Å². The molecule has 1 unspecified atom stereocenters. The normalized spacial score (nSPS) is 16.9. The lowest BCUT2D eigenvalue weighted by Crippen LogP contribution is -2.49. The molecule has 5 nitrogen and oxygen atoms in total. The van der Waals surface area contributed by atoms with Gasteiger partial charge in [0.15, 0.2) is 0 Å². The Morgan fingerprint density at radius 1 is 1.00 bits per heavy atom. The van der Waals surface area contributed by atoms with Crippen LogP contribution in [0.2, 0.25) is 0 Å². The summed E-state index contributed by atoms with van der Waals surface area (Å²) in [7, 11) is 0. The molecule has 28 heavy (non-hydrogen) atoms. The number of hydrogen-bond acceptors (Lipinski definition) is 4. The van der Waals surface area contributed by atoms with Gasteiger partial charge in [-0.2, -0.15) is 0 Å². The molecular formula is C23H27N3O2. The fourth-order valence-electron chi connectivity index (χ4n) is 3.72. The third kappa shape index (κ3) is 4.61. The Hall–Kier alpha value is -2.63. The highest BCUT2D eigenvalue weighted by Crippen LogP contribution is 2.23. The van der Waals surface area contributed by atoms with E-state index in [4.69, 9.17) is 4.42 Å². The first-order valence-corrected chi connectivity index (χ1v) is 9.94. The third-order valence-corrected chi connectivity index (χ3v) is 5.33. The molecule has 0 aliphatic carbocycles. The third-order valence-electron chi connectivity index (χ3n) is 5.33. The van der Waals surface area contributed by atoms with Crippen molar-refractivity contribution in [2.24, 2.45) is 0 Å². The number of nitrogens with zero attached hydrogens (tertiary/aromatic N) is 2. The highest BCUT2D eigenvalue weighted by atomic mass is 16.3. The van der Waals surface area contributed by atoms with Crippen LogP contribution in [0.5, 0.6) is 0 Å². The molecule has 1 saturated heterocycles. The van der Waals surface area contributed by atoms with E-state index in [1.165, 1.54) is 5.56 Å². The number of piperazine rings is 1. The first-order valence-electron chi connectivity index (χ1n) is 9.94. The summed E-state index contributed by atoms with van der Waals surface area (Å²) in [5.41, 5.74) is 2.20. The molecule has 3 aromatic rings. The van der Waals surface area contributed by atoms with Crippen molar-refractivity contribution in [1.29, 1.82) is 0 Å². The summed E-state index contributed by atoms with van der Waals surface area (Å²) < 4.78 is 5.86. The average molecular weight is 377 g/mol. The topological polar surface area (TPSA) is 48.7 Å². The standard InChI is InChI=1S/C23H27N3O2/c1-18(22-15-20-9-5-6-10-21(20)28-22)24-23(27)17-26-13-11-25(12-14-26)16-19-7-3-2-4-8-19/h2-10,15,18H,11-14,16-17H2,1H3,(H,24,27). The van der Waals surface area contributed by atoms with E-state index in [9.17, 15) is 4.79 Å². The molecule has 5 heteroatoms. The molecule has 1 fully saturated rings. The Morgan fingerprint density at radius 2 is 1.68 bits per heavy atom. The van der Waals surface area contributed by atoms with Gasteiger partial charge >= 0.3 is 0 Å². The number of carbonyl (C=O) groups is 1. The van der Waals surface area contributed by atoms with E-state index >= 15 is 0 Å². The molecule has 1 N–H and O–H groups in total. The van der Waals surface area contributed by atoms with E-state index < -0.39 is 0 Å². The van der Waals surface area contributed by atoms with Crippen LogP contribution in [0.4, 0.5) is 0 Å². The van der Waals surface area contributed by atoms with Gasteiger partial charge in [-0.15, -0.1) is 0 Å². The van der Waals surface area contributed by atoms with Gasteiger partial charge in [-0.3, -0.25) is 14.6 Å². The van der Waals surface area contributed by atoms with E-state index in [-0.39, 0.29) is 11.9 Å². The second kappa shape index (κ2) is 8.59. The molecule has 0 spiro atoms. The van der Waals surface area contributed by atoms with Crippen molar-refractivity contribution in [3.05, 3.63) is 72.0 Å². The molecule has 0 radical (unpaired) electrons. The molecule has 4 rings (SSSR count). The molecule has 2 aromatic carbocycles. The number of carbonyl (C=O) groups excluding carboxylic acids is 1. The number of para-hydroxylation sites is 1. The minimum Gasteiger partial charge on any atom is -0.459 e. The van der Waals surface area contributed by atoms with E-state index in [0.29, 0.717) is 6.54 Å². The summed E-state index contributed by atoms with van der Waals surface area (Å²) in [5, 5.41) is 4.13. The summed E-state index contributed by atoms with van der Waals surface area (Å²) in [4.78, 5) is 17.1. The molecule has 1 atom stereocenters. The molecule has 2 heterocycles. The Kier molecular flexibility index (Phi) is 5.74. The van der Waals surface area contributed by atoms with Crippen molar-refractivity contribution in [3.63, 3.8) is 0 Å². The minimum atomic E-state index is -0.140. The van der Waals surface area contributed by atoms with Gasteiger partial charge < -0.3 is 9.73 Å². The number of rotatable bonds is 6. The van der Waals surface area contributed by atoms with Gasteiger partial charge in [0.25, 0.3) is 0 Å². The second-order valence-corrected chi connectivity index (χ2v) is 7.51. The van der Waals surface area contributed by atoms with Crippen LogP contribution < -0.4 is 5.32 Å². The van der Waals surface area contributed by atoms with Crippen LogP contribution in [0.3, 0.4) is 0 Å². The Labute approximate surface area is 165 Å². The average Bonchev–Trinajstić information content (AvgIpc) is 3.15. The predicted molar refractivity (Wildman–Crippen MR) is 111 cm³/mol. The van der Waals surface area contributed by atoms with Crippen LogP contribution in [-0.2, 0) is 11.3 Å². The number of fused-ring (bicyclic) bond motifs is 1. The van der Waals surface area contributed by atoms with Crippen LogP contribution in [0.15, 0.2) is 65.1 Å². The Bertz CT molecular complexity index is 881. The van der Waals surface area contributed by atoms with Crippen molar-refractivity contribution in [3.8, 4) is 0 Å². The van der Waals surface area contributed by atoms with Crippen molar-refractivity contribution in [1.82, 2.24) is 15.1 Å². The van der Waals surface area contributed by atoms with E-state index in [1.54, 1.807) is 0 Å². The molecule has 1 amide bonds. The van der Waals surface area contributed by atoms with E-state index in [0.717, 1.165) is 49.5 Å². The zero-order valence-electron chi connectivity index (χ0n) is 16.3. The Morgan fingerprint density at radius 3 is 2.43 bits per heavy atom. The van der Waals surface area contributed by atoms with Crippen LogP contribution in [0.1, 0.15) is 24.3 Å². The van der Waals surface area contributed by atoms with Crippen LogP contribution in [-0.4, -0.2) is 48.4 Å². The highest BCUT2D eigenvalue weighted by molar-refractivity contribution is 5.80. The number of amides is 1. The van der Waals surface area contributed by atoms with Crippen LogP contribution in [0, 0.1) is 0 Å². The van der Waals surface area contributed by atoms with Crippen LogP contribution in [0.25, 0.3) is 11.0 Å². The summed E-state index contributed by atoms with van der Waals surface area (Å²) in [6.07, 6.45) is 0. The minimum absolute atomic E-state index is 0.0458. The number of benzene rings is 2.